The molecule has 1 aromatic rings. The molecular weight excluding hydrogens is 218 g/mol. The molecule has 0 bridgehead atoms. The molecule has 0 spiro atoms. The number of nitrogens with zero attached hydrogens (tertiary/aromatic N) is 3. The summed E-state index contributed by atoms with van der Waals surface area (Å²) in [5.74, 6) is 1.90. The molecule has 0 aromatic carbocycles. The lowest BCUT2D eigenvalue weighted by atomic mass is 10.3. The van der Waals surface area contributed by atoms with Crippen LogP contribution in [0.4, 0.5) is 5.95 Å². The molecule has 90 valence electrons. The van der Waals surface area contributed by atoms with Crippen molar-refractivity contribution in [2.24, 2.45) is 11.8 Å². The molecule has 3 rings (SSSR count). The van der Waals surface area contributed by atoms with E-state index in [1.54, 1.807) is 6.07 Å². The lowest BCUT2D eigenvalue weighted by Gasteiger charge is -2.18. The molecule has 5 heteroatoms. The molecule has 1 aliphatic heterocycles. The highest BCUT2D eigenvalue weighted by atomic mass is 16.5. The van der Waals surface area contributed by atoms with Crippen molar-refractivity contribution in [2.75, 3.05) is 25.1 Å². The average Bonchev–Trinajstić information content (AvgIpc) is 2.94. The topological polar surface area (TPSA) is 55.3 Å². The second-order valence-corrected chi connectivity index (χ2v) is 4.85. The van der Waals surface area contributed by atoms with Crippen LogP contribution in [0.1, 0.15) is 22.6 Å². The maximum atomic E-state index is 11.5. The molecule has 17 heavy (non-hydrogen) atoms. The van der Waals surface area contributed by atoms with Gasteiger partial charge in [0.25, 0.3) is 0 Å². The van der Waals surface area contributed by atoms with Crippen LogP contribution in [0.3, 0.4) is 0 Å². The van der Waals surface area contributed by atoms with Crippen molar-refractivity contribution >= 4 is 11.9 Å². The summed E-state index contributed by atoms with van der Waals surface area (Å²) in [5.41, 5.74) is 1.14. The van der Waals surface area contributed by atoms with Gasteiger partial charge in [0, 0.05) is 18.8 Å². The molecule has 2 fully saturated rings. The number of hydrogen-bond acceptors (Lipinski definition) is 5. The van der Waals surface area contributed by atoms with Crippen molar-refractivity contribution < 1.29 is 9.53 Å². The number of carbonyl (C=O) groups is 1. The maximum absolute atomic E-state index is 11.5. The van der Waals surface area contributed by atoms with Crippen molar-refractivity contribution in [1.82, 2.24) is 9.97 Å². The van der Waals surface area contributed by atoms with Gasteiger partial charge in [-0.3, -0.25) is 0 Å². The highest BCUT2D eigenvalue weighted by molar-refractivity contribution is 5.87. The number of hydrogen-bond donors (Lipinski definition) is 0. The zero-order valence-corrected chi connectivity index (χ0v) is 10.0. The Bertz CT molecular complexity index is 465. The zero-order valence-electron chi connectivity index (χ0n) is 10.0. The molecular formula is C12H15N3O2. The van der Waals surface area contributed by atoms with Crippen LogP contribution < -0.4 is 4.90 Å². The molecule has 1 saturated heterocycles. The zero-order chi connectivity index (χ0) is 12.0. The first-order valence-corrected chi connectivity index (χ1v) is 5.86. The number of anilines is 1. The normalized spacial score (nSPS) is 25.6. The van der Waals surface area contributed by atoms with Crippen molar-refractivity contribution in [1.29, 1.82) is 0 Å². The fourth-order valence-corrected chi connectivity index (χ4v) is 2.46. The number of carbonyl (C=O) groups excluding carboxylic acids is 1. The van der Waals surface area contributed by atoms with Gasteiger partial charge in [-0.05, 0) is 31.2 Å². The van der Waals surface area contributed by atoms with E-state index < -0.39 is 5.97 Å². The minimum atomic E-state index is -0.402. The molecule has 1 aliphatic carbocycles. The SMILES string of the molecule is COC(=O)c1cc(C)nc(N2CC3CC3C2)n1. The van der Waals surface area contributed by atoms with Crippen LogP contribution >= 0.6 is 0 Å². The van der Waals surface area contributed by atoms with Crippen LogP contribution in [-0.2, 0) is 4.74 Å². The van der Waals surface area contributed by atoms with Crippen LogP contribution in [0.5, 0.6) is 0 Å². The van der Waals surface area contributed by atoms with Crippen LogP contribution in [0.15, 0.2) is 6.07 Å². The standard InChI is InChI=1S/C12H15N3O2/c1-7-3-10(11(16)17-2)14-12(13-7)15-5-8-4-9(8)6-15/h3,8-9H,4-6H2,1-2H3. The second kappa shape index (κ2) is 3.68. The number of aryl methyl sites for hydroxylation is 1. The van der Waals surface area contributed by atoms with E-state index in [-0.39, 0.29) is 0 Å². The molecule has 1 aromatic heterocycles. The molecule has 5 nitrogen and oxygen atoms in total. The van der Waals surface area contributed by atoms with Gasteiger partial charge >= 0.3 is 5.97 Å². The number of piperidine rings is 1. The van der Waals surface area contributed by atoms with Crippen molar-refractivity contribution in [3.63, 3.8) is 0 Å². The highest BCUT2D eigenvalue weighted by Crippen LogP contribution is 2.45. The predicted octanol–water partition coefficient (Wildman–Crippen LogP) is 1.03. The van der Waals surface area contributed by atoms with Gasteiger partial charge in [-0.2, -0.15) is 0 Å². The van der Waals surface area contributed by atoms with Gasteiger partial charge in [-0.15, -0.1) is 0 Å². The Morgan fingerprint density at radius 1 is 1.41 bits per heavy atom. The maximum Gasteiger partial charge on any atom is 0.356 e. The summed E-state index contributed by atoms with van der Waals surface area (Å²) < 4.78 is 4.69. The van der Waals surface area contributed by atoms with Gasteiger partial charge in [-0.25, -0.2) is 14.8 Å². The molecule has 0 radical (unpaired) electrons. The van der Waals surface area contributed by atoms with E-state index in [2.05, 4.69) is 14.9 Å². The Labute approximate surface area is 99.8 Å². The van der Waals surface area contributed by atoms with E-state index in [0.29, 0.717) is 11.6 Å². The second-order valence-electron chi connectivity index (χ2n) is 4.85. The van der Waals surface area contributed by atoms with Gasteiger partial charge in [0.2, 0.25) is 5.95 Å². The third kappa shape index (κ3) is 1.85. The van der Waals surface area contributed by atoms with Gasteiger partial charge in [0.1, 0.15) is 0 Å². The summed E-state index contributed by atoms with van der Waals surface area (Å²) in [4.78, 5) is 22.3. The first-order chi connectivity index (χ1) is 8.17. The Morgan fingerprint density at radius 3 is 2.76 bits per heavy atom. The Kier molecular flexibility index (Phi) is 2.28. The number of methoxy groups -OCH3 is 1. The molecule has 2 aliphatic rings. The minimum absolute atomic E-state index is 0.343. The third-order valence-electron chi connectivity index (χ3n) is 3.50. The lowest BCUT2D eigenvalue weighted by Crippen LogP contribution is -2.25. The Balaban J connectivity index is 1.88. The Morgan fingerprint density at radius 2 is 2.12 bits per heavy atom. The molecule has 2 atom stereocenters. The summed E-state index contributed by atoms with van der Waals surface area (Å²) in [6, 6.07) is 1.66. The lowest BCUT2D eigenvalue weighted by molar-refractivity contribution is 0.0594. The summed E-state index contributed by atoms with van der Waals surface area (Å²) in [5, 5.41) is 0. The van der Waals surface area contributed by atoms with Crippen molar-refractivity contribution in [3.8, 4) is 0 Å². The van der Waals surface area contributed by atoms with E-state index >= 15 is 0 Å². The monoisotopic (exact) mass is 233 g/mol. The summed E-state index contributed by atoms with van der Waals surface area (Å²) in [6.45, 7) is 3.91. The fourth-order valence-electron chi connectivity index (χ4n) is 2.46. The van der Waals surface area contributed by atoms with Crippen molar-refractivity contribution in [3.05, 3.63) is 17.5 Å². The molecule has 2 unspecified atom stereocenters. The van der Waals surface area contributed by atoms with Gasteiger partial charge in [-0.1, -0.05) is 0 Å². The fraction of sp³-hybridized carbons (Fsp3) is 0.583. The van der Waals surface area contributed by atoms with Crippen LogP contribution in [0.25, 0.3) is 0 Å². The number of esters is 1. The first-order valence-electron chi connectivity index (χ1n) is 5.86. The summed E-state index contributed by atoms with van der Waals surface area (Å²) in [6.07, 6.45) is 1.34. The minimum Gasteiger partial charge on any atom is -0.464 e. The molecule has 2 heterocycles. The number of fused-ring (bicyclic) bond motifs is 1. The van der Waals surface area contributed by atoms with E-state index in [1.807, 2.05) is 6.92 Å². The largest absolute Gasteiger partial charge is 0.464 e. The molecule has 0 amide bonds. The Hall–Kier alpha value is -1.65. The molecule has 0 N–H and O–H groups in total. The number of rotatable bonds is 2. The highest BCUT2D eigenvalue weighted by Gasteiger charge is 2.45. The third-order valence-corrected chi connectivity index (χ3v) is 3.50. The van der Waals surface area contributed by atoms with Crippen LogP contribution in [-0.4, -0.2) is 36.1 Å². The van der Waals surface area contributed by atoms with Crippen molar-refractivity contribution in [2.45, 2.75) is 13.3 Å². The van der Waals surface area contributed by atoms with Gasteiger partial charge in [0.15, 0.2) is 5.69 Å². The van der Waals surface area contributed by atoms with Gasteiger partial charge < -0.3 is 9.64 Å². The van der Waals surface area contributed by atoms with E-state index in [0.717, 1.165) is 30.6 Å². The van der Waals surface area contributed by atoms with E-state index in [4.69, 9.17) is 4.74 Å². The summed E-state index contributed by atoms with van der Waals surface area (Å²) in [7, 11) is 1.37. The van der Waals surface area contributed by atoms with Crippen LogP contribution in [0, 0.1) is 18.8 Å². The van der Waals surface area contributed by atoms with Crippen LogP contribution in [0.2, 0.25) is 0 Å². The first kappa shape index (κ1) is 10.5. The smallest absolute Gasteiger partial charge is 0.356 e. The predicted molar refractivity (Wildman–Crippen MR) is 61.9 cm³/mol. The molecule has 1 saturated carbocycles. The summed E-state index contributed by atoms with van der Waals surface area (Å²) >= 11 is 0. The number of ether oxygens (including phenoxy) is 1. The van der Waals surface area contributed by atoms with E-state index in [1.165, 1.54) is 13.5 Å². The van der Waals surface area contributed by atoms with Gasteiger partial charge in [0.05, 0.1) is 7.11 Å². The van der Waals surface area contributed by atoms with E-state index in [9.17, 15) is 4.79 Å². The average molecular weight is 233 g/mol. The quantitative estimate of drug-likeness (QED) is 0.714. The number of aromatic nitrogens is 2.